The van der Waals surface area contributed by atoms with E-state index >= 15 is 0 Å². The molecule has 0 bridgehead atoms. The van der Waals surface area contributed by atoms with Gasteiger partial charge in [-0.3, -0.25) is 4.57 Å². The number of nitrogens with one attached hydrogen (secondary N) is 1. The van der Waals surface area contributed by atoms with Crippen molar-refractivity contribution in [2.45, 2.75) is 43.2 Å². The molecule has 2 N–H and O–H groups in total. The zero-order chi connectivity index (χ0) is 16.8. The lowest BCUT2D eigenvalue weighted by molar-refractivity contribution is 0.0277. The van der Waals surface area contributed by atoms with Gasteiger partial charge >= 0.3 is 5.76 Å². The predicted molar refractivity (Wildman–Crippen MR) is 84.6 cm³/mol. The summed E-state index contributed by atoms with van der Waals surface area (Å²) in [7, 11) is -2.17. The van der Waals surface area contributed by atoms with Gasteiger partial charge in [-0.15, -0.1) is 0 Å². The minimum atomic E-state index is -3.70. The Hall–Kier alpha value is -1.64. The molecule has 1 aromatic heterocycles. The summed E-state index contributed by atoms with van der Waals surface area (Å²) in [5, 5.41) is 9.41. The molecule has 0 radical (unpaired) electrons. The summed E-state index contributed by atoms with van der Waals surface area (Å²) < 4.78 is 34.2. The molecule has 0 amide bonds. The Morgan fingerprint density at radius 1 is 1.43 bits per heavy atom. The van der Waals surface area contributed by atoms with Gasteiger partial charge in [-0.05, 0) is 43.4 Å². The Bertz CT molecular complexity index is 877. The highest BCUT2D eigenvalue weighted by molar-refractivity contribution is 7.89. The fourth-order valence-corrected chi connectivity index (χ4v) is 4.42. The van der Waals surface area contributed by atoms with Crippen molar-refractivity contribution in [1.29, 1.82) is 0 Å². The number of benzene rings is 1. The van der Waals surface area contributed by atoms with Crippen LogP contribution >= 0.6 is 0 Å². The van der Waals surface area contributed by atoms with Gasteiger partial charge < -0.3 is 9.52 Å². The van der Waals surface area contributed by atoms with Crippen LogP contribution in [0.3, 0.4) is 0 Å². The third-order valence-corrected chi connectivity index (χ3v) is 6.03. The first-order chi connectivity index (χ1) is 10.8. The third kappa shape index (κ3) is 2.93. The number of aryl methyl sites for hydroxylation is 1. The number of nitrogens with zero attached hydrogens (tertiary/aromatic N) is 1. The molecule has 2 aromatic rings. The van der Waals surface area contributed by atoms with Gasteiger partial charge in [0.15, 0.2) is 5.58 Å². The van der Waals surface area contributed by atoms with Crippen molar-refractivity contribution >= 4 is 21.1 Å². The Balaban J connectivity index is 1.89. The smallest absolute Gasteiger partial charge is 0.408 e. The van der Waals surface area contributed by atoms with Gasteiger partial charge in [0, 0.05) is 13.1 Å². The summed E-state index contributed by atoms with van der Waals surface area (Å²) in [6.07, 6.45) is 1.57. The Labute approximate surface area is 134 Å². The molecule has 23 heavy (non-hydrogen) atoms. The van der Waals surface area contributed by atoms with Crippen molar-refractivity contribution in [2.24, 2.45) is 13.0 Å². The van der Waals surface area contributed by atoms with E-state index in [9.17, 15) is 18.3 Å². The Morgan fingerprint density at radius 2 is 2.13 bits per heavy atom. The fourth-order valence-electron chi connectivity index (χ4n) is 3.01. The van der Waals surface area contributed by atoms with Crippen molar-refractivity contribution in [3.05, 3.63) is 28.7 Å². The van der Waals surface area contributed by atoms with Gasteiger partial charge in [0.25, 0.3) is 0 Å². The number of hydrogen-bond acceptors (Lipinski definition) is 5. The lowest BCUT2D eigenvalue weighted by Crippen LogP contribution is -2.46. The van der Waals surface area contributed by atoms with Gasteiger partial charge in [0.2, 0.25) is 10.0 Å². The first kappa shape index (κ1) is 16.2. The Morgan fingerprint density at radius 3 is 2.74 bits per heavy atom. The second-order valence-corrected chi connectivity index (χ2v) is 7.79. The molecule has 1 aliphatic carbocycles. The number of sulfonamides is 1. The highest BCUT2D eigenvalue weighted by Gasteiger charge is 2.35. The quantitative estimate of drug-likeness (QED) is 0.844. The van der Waals surface area contributed by atoms with E-state index in [0.717, 1.165) is 0 Å². The summed E-state index contributed by atoms with van der Waals surface area (Å²) in [6.45, 7) is 1.92. The molecule has 0 spiro atoms. The zero-order valence-corrected chi connectivity index (χ0v) is 13.8. The lowest BCUT2D eigenvalue weighted by atomic mass is 9.77. The minimum absolute atomic E-state index is 0.0970. The molecule has 1 fully saturated rings. The molecule has 1 aliphatic rings. The lowest BCUT2D eigenvalue weighted by Gasteiger charge is -2.37. The van der Waals surface area contributed by atoms with Crippen molar-refractivity contribution in [1.82, 2.24) is 9.29 Å². The van der Waals surface area contributed by atoms with Crippen LogP contribution in [0.2, 0.25) is 0 Å². The number of hydrogen-bond donors (Lipinski definition) is 2. The normalized spacial score (nSPS) is 22.9. The monoisotopic (exact) mass is 340 g/mol. The molecular formula is C15H20N2O5S. The molecule has 126 valence electrons. The summed E-state index contributed by atoms with van der Waals surface area (Å²) in [5.74, 6) is -0.371. The molecule has 0 saturated heterocycles. The number of aliphatic hydroxyl groups is 1. The van der Waals surface area contributed by atoms with Crippen LogP contribution in [0.5, 0.6) is 0 Å². The Kier molecular flexibility index (Phi) is 4.07. The number of rotatable bonds is 5. The largest absolute Gasteiger partial charge is 0.419 e. The SMILES string of the molecule is CC[C@@H](NS(=O)(=O)c1ccc2oc(=O)n(C)c2c1)C1CC(O)C1. The van der Waals surface area contributed by atoms with E-state index < -0.39 is 15.8 Å². The average Bonchev–Trinajstić information content (AvgIpc) is 2.76. The summed E-state index contributed by atoms with van der Waals surface area (Å²) in [4.78, 5) is 11.6. The van der Waals surface area contributed by atoms with Crippen LogP contribution in [0, 0.1) is 5.92 Å². The average molecular weight is 340 g/mol. The minimum Gasteiger partial charge on any atom is -0.408 e. The molecular weight excluding hydrogens is 320 g/mol. The van der Waals surface area contributed by atoms with Crippen molar-refractivity contribution in [3.63, 3.8) is 0 Å². The number of aromatic nitrogens is 1. The van der Waals surface area contributed by atoms with Crippen molar-refractivity contribution in [2.75, 3.05) is 0 Å². The highest BCUT2D eigenvalue weighted by atomic mass is 32.2. The molecule has 8 heteroatoms. The molecule has 1 atom stereocenters. The van der Waals surface area contributed by atoms with Gasteiger partial charge in [-0.2, -0.15) is 0 Å². The van der Waals surface area contributed by atoms with Crippen molar-refractivity contribution in [3.8, 4) is 0 Å². The standard InChI is InChI=1S/C15H20N2O5S/c1-3-12(9-6-10(18)7-9)16-23(20,21)11-4-5-14-13(8-11)17(2)15(19)22-14/h4-5,8-10,12,16,18H,3,6-7H2,1-2H3/t9?,10?,12-/m1/s1. The number of fused-ring (bicyclic) bond motifs is 1. The second-order valence-electron chi connectivity index (χ2n) is 6.08. The van der Waals surface area contributed by atoms with E-state index in [-0.39, 0.29) is 23.0 Å². The van der Waals surface area contributed by atoms with Crippen LogP contribution in [-0.4, -0.2) is 30.2 Å². The van der Waals surface area contributed by atoms with Crippen LogP contribution in [0.4, 0.5) is 0 Å². The molecule has 1 heterocycles. The molecule has 7 nitrogen and oxygen atoms in total. The van der Waals surface area contributed by atoms with E-state index in [0.29, 0.717) is 30.4 Å². The maximum Gasteiger partial charge on any atom is 0.419 e. The zero-order valence-electron chi connectivity index (χ0n) is 13.0. The van der Waals surface area contributed by atoms with Crippen LogP contribution in [-0.2, 0) is 17.1 Å². The first-order valence-electron chi connectivity index (χ1n) is 7.61. The van der Waals surface area contributed by atoms with E-state index in [1.165, 1.54) is 29.8 Å². The van der Waals surface area contributed by atoms with Crippen LogP contribution in [0.1, 0.15) is 26.2 Å². The summed E-state index contributed by atoms with van der Waals surface area (Å²) >= 11 is 0. The van der Waals surface area contributed by atoms with Gasteiger partial charge in [0.1, 0.15) is 0 Å². The second kappa shape index (κ2) is 5.77. The van der Waals surface area contributed by atoms with Crippen LogP contribution in [0.15, 0.2) is 32.3 Å². The molecule has 1 saturated carbocycles. The van der Waals surface area contributed by atoms with Gasteiger partial charge in [-0.25, -0.2) is 17.9 Å². The van der Waals surface area contributed by atoms with Crippen LogP contribution in [0.25, 0.3) is 11.1 Å². The van der Waals surface area contributed by atoms with Gasteiger partial charge in [-0.1, -0.05) is 6.92 Å². The summed E-state index contributed by atoms with van der Waals surface area (Å²) in [5.41, 5.74) is 0.788. The number of oxazole rings is 1. The van der Waals surface area contributed by atoms with Crippen molar-refractivity contribution < 1.29 is 17.9 Å². The molecule has 1 aromatic carbocycles. The highest BCUT2D eigenvalue weighted by Crippen LogP contribution is 2.32. The maximum atomic E-state index is 12.6. The molecule has 3 rings (SSSR count). The van der Waals surface area contributed by atoms with E-state index in [1.807, 2.05) is 6.92 Å². The fraction of sp³-hybridized carbons (Fsp3) is 0.533. The molecule has 0 unspecified atom stereocenters. The van der Waals surface area contributed by atoms with E-state index in [4.69, 9.17) is 4.42 Å². The first-order valence-corrected chi connectivity index (χ1v) is 9.10. The predicted octanol–water partition coefficient (Wildman–Crippen LogP) is 0.959. The third-order valence-electron chi connectivity index (χ3n) is 4.54. The van der Waals surface area contributed by atoms with Crippen LogP contribution < -0.4 is 10.5 Å². The number of aliphatic hydroxyl groups excluding tert-OH is 1. The topological polar surface area (TPSA) is 102 Å². The van der Waals surface area contributed by atoms with E-state index in [2.05, 4.69) is 4.72 Å². The van der Waals surface area contributed by atoms with Gasteiger partial charge in [0.05, 0.1) is 16.5 Å². The maximum absolute atomic E-state index is 12.6. The van der Waals surface area contributed by atoms with E-state index in [1.54, 1.807) is 0 Å². The molecule has 0 aliphatic heterocycles. The summed E-state index contributed by atoms with van der Waals surface area (Å²) in [6, 6.07) is 4.15.